The maximum absolute atomic E-state index is 6.64. The van der Waals surface area contributed by atoms with Crippen molar-refractivity contribution in [2.24, 2.45) is 0 Å². The molecule has 0 spiro atoms. The van der Waals surface area contributed by atoms with Crippen molar-refractivity contribution < 1.29 is 4.42 Å². The second-order valence-corrected chi connectivity index (χ2v) is 12.8. The first-order valence-electron chi connectivity index (χ1n) is 16.9. The van der Waals surface area contributed by atoms with E-state index >= 15 is 0 Å². The summed E-state index contributed by atoms with van der Waals surface area (Å²) in [6.45, 7) is 0. The fraction of sp³-hybridized carbons (Fsp3) is 0. The normalized spacial score (nSPS) is 11.7. The predicted octanol–water partition coefficient (Wildman–Crippen LogP) is 13.7. The molecule has 0 bridgehead atoms. The van der Waals surface area contributed by atoms with Crippen molar-refractivity contribution in [3.63, 3.8) is 0 Å². The molecule has 0 amide bonds. The Balaban J connectivity index is 1.17. The molecule has 10 rings (SSSR count). The number of benzene rings is 9. The molecule has 1 aromatic heterocycles. The van der Waals surface area contributed by atoms with Crippen LogP contribution in [0.4, 0.5) is 0 Å². The average Bonchev–Trinajstić information content (AvgIpc) is 3.57. The minimum absolute atomic E-state index is 0.912. The van der Waals surface area contributed by atoms with E-state index in [0.717, 1.165) is 27.7 Å². The summed E-state index contributed by atoms with van der Waals surface area (Å²) in [5.74, 6) is 0. The Morgan fingerprint density at radius 3 is 1.43 bits per heavy atom. The van der Waals surface area contributed by atoms with Gasteiger partial charge in [-0.3, -0.25) is 0 Å². The van der Waals surface area contributed by atoms with E-state index in [1.54, 1.807) is 0 Å². The topological polar surface area (TPSA) is 13.1 Å². The number of fused-ring (bicyclic) bond motifs is 7. The summed E-state index contributed by atoms with van der Waals surface area (Å²) < 4.78 is 6.64. The number of rotatable bonds is 4. The summed E-state index contributed by atoms with van der Waals surface area (Å²) in [4.78, 5) is 0. The lowest BCUT2D eigenvalue weighted by atomic mass is 9.85. The molecule has 0 saturated heterocycles. The minimum Gasteiger partial charge on any atom is -0.455 e. The summed E-state index contributed by atoms with van der Waals surface area (Å²) in [5, 5.41) is 9.80. The Labute approximate surface area is 284 Å². The molecule has 1 heteroatoms. The number of hydrogen-bond acceptors (Lipinski definition) is 1. The predicted molar refractivity (Wildman–Crippen MR) is 208 cm³/mol. The first kappa shape index (κ1) is 27.7. The summed E-state index contributed by atoms with van der Waals surface area (Å²) in [6.07, 6.45) is 0. The van der Waals surface area contributed by atoms with Crippen LogP contribution >= 0.6 is 0 Å². The van der Waals surface area contributed by atoms with Gasteiger partial charge in [0, 0.05) is 16.3 Å². The van der Waals surface area contributed by atoms with Gasteiger partial charge in [-0.05, 0) is 83.4 Å². The van der Waals surface area contributed by atoms with E-state index in [1.807, 2.05) is 6.07 Å². The standard InChI is InChI=1S/C48H30O/c1-2-14-32(15-3-1)45-38-20-8-10-22-40(38)46(41-23-11-9-21-39(41)45)33-28-26-31(27-29-33)35-17-6-7-19-37(35)43-30-34-16-4-5-18-36(34)47-42-24-12-13-25-44(42)49-48(43)47/h1-30H. The largest absolute Gasteiger partial charge is 0.455 e. The number of furan rings is 1. The second kappa shape index (κ2) is 11.1. The van der Waals surface area contributed by atoms with E-state index < -0.39 is 0 Å². The highest BCUT2D eigenvalue weighted by atomic mass is 16.3. The third kappa shape index (κ3) is 4.33. The third-order valence-corrected chi connectivity index (χ3v) is 10.1. The second-order valence-electron chi connectivity index (χ2n) is 12.8. The molecule has 0 aliphatic carbocycles. The summed E-state index contributed by atoms with van der Waals surface area (Å²) in [6, 6.07) is 65.6. The van der Waals surface area contributed by atoms with Gasteiger partial charge in [-0.15, -0.1) is 0 Å². The zero-order valence-electron chi connectivity index (χ0n) is 26.7. The van der Waals surface area contributed by atoms with E-state index in [-0.39, 0.29) is 0 Å². The van der Waals surface area contributed by atoms with Crippen LogP contribution in [0.2, 0.25) is 0 Å². The summed E-state index contributed by atoms with van der Waals surface area (Å²) >= 11 is 0. The molecule has 0 N–H and O–H groups in total. The molecule has 0 fully saturated rings. The van der Waals surface area contributed by atoms with Crippen LogP contribution in [-0.2, 0) is 0 Å². The van der Waals surface area contributed by atoms with Crippen LogP contribution in [0.15, 0.2) is 186 Å². The monoisotopic (exact) mass is 622 g/mol. The Kier molecular flexibility index (Phi) is 6.25. The fourth-order valence-electron chi connectivity index (χ4n) is 7.92. The van der Waals surface area contributed by atoms with Crippen molar-refractivity contribution in [1.29, 1.82) is 0 Å². The molecule has 10 aromatic rings. The van der Waals surface area contributed by atoms with Gasteiger partial charge in [0.25, 0.3) is 0 Å². The number of hydrogen-bond donors (Lipinski definition) is 0. The maximum Gasteiger partial charge on any atom is 0.143 e. The molecule has 0 aliphatic rings. The molecule has 0 unspecified atom stereocenters. The van der Waals surface area contributed by atoms with Gasteiger partial charge in [-0.25, -0.2) is 0 Å². The maximum atomic E-state index is 6.64. The van der Waals surface area contributed by atoms with Gasteiger partial charge < -0.3 is 4.42 Å². The van der Waals surface area contributed by atoms with Gasteiger partial charge >= 0.3 is 0 Å². The lowest BCUT2D eigenvalue weighted by molar-refractivity contribution is 0.670. The Morgan fingerprint density at radius 1 is 0.306 bits per heavy atom. The lowest BCUT2D eigenvalue weighted by Gasteiger charge is -2.18. The highest BCUT2D eigenvalue weighted by molar-refractivity contribution is 6.23. The van der Waals surface area contributed by atoms with Gasteiger partial charge in [0.2, 0.25) is 0 Å². The van der Waals surface area contributed by atoms with E-state index in [4.69, 9.17) is 4.42 Å². The third-order valence-electron chi connectivity index (χ3n) is 10.1. The SMILES string of the molecule is c1ccc(-c2c3ccccc3c(-c3ccc(-c4ccccc4-c4cc5ccccc5c5c4oc4ccccc45)cc3)c3ccccc23)cc1. The van der Waals surface area contributed by atoms with Gasteiger partial charge in [0.05, 0.1) is 0 Å². The molecule has 0 saturated carbocycles. The van der Waals surface area contributed by atoms with Crippen molar-refractivity contribution in [2.45, 2.75) is 0 Å². The quantitative estimate of drug-likeness (QED) is 0.178. The van der Waals surface area contributed by atoms with Crippen LogP contribution < -0.4 is 0 Å². The molecule has 0 aliphatic heterocycles. The molecule has 1 nitrogen and oxygen atoms in total. The fourth-order valence-corrected chi connectivity index (χ4v) is 7.92. The molecule has 49 heavy (non-hydrogen) atoms. The minimum atomic E-state index is 0.912. The van der Waals surface area contributed by atoms with Crippen LogP contribution in [-0.4, -0.2) is 0 Å². The molecular weight excluding hydrogens is 593 g/mol. The molecule has 1 heterocycles. The van der Waals surface area contributed by atoms with Crippen molar-refractivity contribution in [1.82, 2.24) is 0 Å². The first-order chi connectivity index (χ1) is 24.3. The molecule has 0 radical (unpaired) electrons. The van der Waals surface area contributed by atoms with Gasteiger partial charge in [-0.2, -0.15) is 0 Å². The molecule has 9 aromatic carbocycles. The molecular formula is C48H30O. The van der Waals surface area contributed by atoms with Gasteiger partial charge in [-0.1, -0.05) is 170 Å². The first-order valence-corrected chi connectivity index (χ1v) is 16.9. The Hall–Kier alpha value is -6.44. The Morgan fingerprint density at radius 2 is 0.776 bits per heavy atom. The lowest BCUT2D eigenvalue weighted by Crippen LogP contribution is -1.91. The Bertz CT molecular complexity index is 2800. The van der Waals surface area contributed by atoms with Crippen LogP contribution in [0, 0.1) is 0 Å². The summed E-state index contributed by atoms with van der Waals surface area (Å²) in [7, 11) is 0. The van der Waals surface area contributed by atoms with Crippen molar-refractivity contribution in [3.8, 4) is 44.5 Å². The molecule has 0 atom stereocenters. The average molecular weight is 623 g/mol. The zero-order valence-corrected chi connectivity index (χ0v) is 26.7. The highest BCUT2D eigenvalue weighted by Crippen LogP contribution is 2.46. The summed E-state index contributed by atoms with van der Waals surface area (Å²) in [5.41, 5.74) is 11.5. The van der Waals surface area contributed by atoms with Crippen LogP contribution in [0.25, 0.3) is 98.8 Å². The van der Waals surface area contributed by atoms with Crippen LogP contribution in [0.5, 0.6) is 0 Å². The van der Waals surface area contributed by atoms with Crippen molar-refractivity contribution in [2.75, 3.05) is 0 Å². The zero-order chi connectivity index (χ0) is 32.3. The van der Waals surface area contributed by atoms with Crippen LogP contribution in [0.3, 0.4) is 0 Å². The van der Waals surface area contributed by atoms with E-state index in [2.05, 4.69) is 176 Å². The van der Waals surface area contributed by atoms with Gasteiger partial charge in [0.1, 0.15) is 11.2 Å². The van der Waals surface area contributed by atoms with Crippen LogP contribution in [0.1, 0.15) is 0 Å². The van der Waals surface area contributed by atoms with E-state index in [9.17, 15) is 0 Å². The highest BCUT2D eigenvalue weighted by Gasteiger charge is 2.19. The van der Waals surface area contributed by atoms with Crippen molar-refractivity contribution >= 4 is 54.3 Å². The number of para-hydroxylation sites is 1. The van der Waals surface area contributed by atoms with Crippen molar-refractivity contribution in [3.05, 3.63) is 182 Å². The smallest absolute Gasteiger partial charge is 0.143 e. The molecule has 228 valence electrons. The van der Waals surface area contributed by atoms with Gasteiger partial charge in [0.15, 0.2) is 0 Å². The van der Waals surface area contributed by atoms with E-state index in [1.165, 1.54) is 71.1 Å². The van der Waals surface area contributed by atoms with E-state index in [0.29, 0.717) is 0 Å².